The maximum absolute atomic E-state index is 12.0. The van der Waals surface area contributed by atoms with Crippen molar-refractivity contribution in [3.63, 3.8) is 0 Å². The molecule has 0 aliphatic rings. The van der Waals surface area contributed by atoms with Crippen molar-refractivity contribution >= 4 is 30.1 Å². The Balaban J connectivity index is 0.00000289. The van der Waals surface area contributed by atoms with E-state index in [9.17, 15) is 4.79 Å². The van der Waals surface area contributed by atoms with Crippen LogP contribution in [0.4, 0.5) is 0 Å². The molecule has 0 saturated heterocycles. The van der Waals surface area contributed by atoms with Crippen LogP contribution in [0.25, 0.3) is 0 Å². The van der Waals surface area contributed by atoms with E-state index < -0.39 is 0 Å². The number of aryl methyl sites for hydroxylation is 1. The SMILES string of the molecule is CSc1ccc(C)c(C(=O)NCC(C)(C)N)c1.Cl. The van der Waals surface area contributed by atoms with Gasteiger partial charge >= 0.3 is 0 Å². The second kappa shape index (κ2) is 7.02. The molecule has 1 aromatic rings. The molecular formula is C13H21ClN2OS. The van der Waals surface area contributed by atoms with Crippen molar-refractivity contribution < 1.29 is 4.79 Å². The summed E-state index contributed by atoms with van der Waals surface area (Å²) in [7, 11) is 0. The second-order valence-corrected chi connectivity index (χ2v) is 5.73. The lowest BCUT2D eigenvalue weighted by Gasteiger charge is -2.19. The first-order chi connectivity index (χ1) is 7.83. The number of thioether (sulfide) groups is 1. The standard InChI is InChI=1S/C13H20N2OS.ClH/c1-9-5-6-10(17-4)7-11(9)12(16)15-8-13(2,3)14;/h5-7H,8,14H2,1-4H3,(H,15,16);1H. The zero-order chi connectivity index (χ0) is 13.1. The van der Waals surface area contributed by atoms with Gasteiger partial charge in [-0.15, -0.1) is 24.2 Å². The van der Waals surface area contributed by atoms with E-state index in [2.05, 4.69) is 5.32 Å². The van der Waals surface area contributed by atoms with Crippen LogP contribution in [0.5, 0.6) is 0 Å². The Kier molecular flexibility index (Phi) is 6.74. The Morgan fingerprint density at radius 1 is 1.44 bits per heavy atom. The molecule has 102 valence electrons. The van der Waals surface area contributed by atoms with E-state index in [-0.39, 0.29) is 23.9 Å². The van der Waals surface area contributed by atoms with Crippen LogP contribution in [0.15, 0.2) is 23.1 Å². The number of nitrogens with one attached hydrogen (secondary N) is 1. The molecule has 1 rings (SSSR count). The van der Waals surface area contributed by atoms with Crippen LogP contribution in [0, 0.1) is 6.92 Å². The summed E-state index contributed by atoms with van der Waals surface area (Å²) in [6, 6.07) is 5.90. The summed E-state index contributed by atoms with van der Waals surface area (Å²) in [6.45, 7) is 6.18. The Labute approximate surface area is 119 Å². The summed E-state index contributed by atoms with van der Waals surface area (Å²) >= 11 is 1.63. The van der Waals surface area contributed by atoms with E-state index in [0.717, 1.165) is 16.0 Å². The Morgan fingerprint density at radius 2 is 2.06 bits per heavy atom. The van der Waals surface area contributed by atoms with Gasteiger partial charge in [0.05, 0.1) is 0 Å². The molecule has 0 spiro atoms. The van der Waals surface area contributed by atoms with Crippen molar-refractivity contribution in [1.82, 2.24) is 5.32 Å². The van der Waals surface area contributed by atoms with Crippen molar-refractivity contribution in [1.29, 1.82) is 0 Å². The summed E-state index contributed by atoms with van der Waals surface area (Å²) in [5.41, 5.74) is 7.15. The molecule has 0 bridgehead atoms. The van der Waals surface area contributed by atoms with Crippen molar-refractivity contribution in [2.45, 2.75) is 31.2 Å². The zero-order valence-corrected chi connectivity index (χ0v) is 12.9. The zero-order valence-electron chi connectivity index (χ0n) is 11.2. The molecule has 0 aliphatic carbocycles. The van der Waals surface area contributed by atoms with Gasteiger partial charge in [0, 0.05) is 22.5 Å². The average Bonchev–Trinajstić information content (AvgIpc) is 2.25. The van der Waals surface area contributed by atoms with Gasteiger partial charge in [-0.3, -0.25) is 4.79 Å². The first-order valence-electron chi connectivity index (χ1n) is 5.55. The molecular weight excluding hydrogens is 268 g/mol. The number of rotatable bonds is 4. The highest BCUT2D eigenvalue weighted by Gasteiger charge is 2.14. The minimum atomic E-state index is -0.388. The lowest BCUT2D eigenvalue weighted by molar-refractivity contribution is 0.0945. The summed E-state index contributed by atoms with van der Waals surface area (Å²) < 4.78 is 0. The van der Waals surface area contributed by atoms with Gasteiger partial charge in [-0.05, 0) is 44.7 Å². The molecule has 0 aromatic heterocycles. The predicted molar refractivity (Wildman–Crippen MR) is 80.8 cm³/mol. The van der Waals surface area contributed by atoms with Crippen molar-refractivity contribution in [2.24, 2.45) is 5.73 Å². The number of carbonyl (C=O) groups is 1. The molecule has 0 aliphatic heterocycles. The van der Waals surface area contributed by atoms with Crippen LogP contribution in [-0.4, -0.2) is 24.2 Å². The highest BCUT2D eigenvalue weighted by Crippen LogP contribution is 2.19. The van der Waals surface area contributed by atoms with E-state index >= 15 is 0 Å². The fourth-order valence-corrected chi connectivity index (χ4v) is 1.82. The molecule has 0 saturated carbocycles. The van der Waals surface area contributed by atoms with Gasteiger partial charge in [0.25, 0.3) is 5.91 Å². The minimum Gasteiger partial charge on any atom is -0.350 e. The second-order valence-electron chi connectivity index (χ2n) is 4.85. The van der Waals surface area contributed by atoms with Gasteiger partial charge in [-0.1, -0.05) is 6.07 Å². The largest absolute Gasteiger partial charge is 0.350 e. The minimum absolute atomic E-state index is 0. The van der Waals surface area contributed by atoms with Crippen LogP contribution >= 0.6 is 24.2 Å². The van der Waals surface area contributed by atoms with E-state index in [1.54, 1.807) is 11.8 Å². The van der Waals surface area contributed by atoms with Crippen molar-refractivity contribution in [3.8, 4) is 0 Å². The van der Waals surface area contributed by atoms with Crippen LogP contribution in [0.1, 0.15) is 29.8 Å². The highest BCUT2D eigenvalue weighted by molar-refractivity contribution is 7.98. The molecule has 0 heterocycles. The van der Waals surface area contributed by atoms with Gasteiger partial charge < -0.3 is 11.1 Å². The third-order valence-electron chi connectivity index (χ3n) is 2.39. The van der Waals surface area contributed by atoms with E-state index in [1.165, 1.54) is 0 Å². The average molecular weight is 289 g/mol. The summed E-state index contributed by atoms with van der Waals surface area (Å²) in [4.78, 5) is 13.1. The number of amides is 1. The summed E-state index contributed by atoms with van der Waals surface area (Å²) in [6.07, 6.45) is 2.00. The maximum Gasteiger partial charge on any atom is 0.251 e. The van der Waals surface area contributed by atoms with Crippen LogP contribution in [0.3, 0.4) is 0 Å². The molecule has 5 heteroatoms. The Bertz CT molecular complexity index is 416. The normalized spacial score (nSPS) is 10.7. The first kappa shape index (κ1) is 17.3. The van der Waals surface area contributed by atoms with E-state index in [4.69, 9.17) is 5.73 Å². The maximum atomic E-state index is 12.0. The fraction of sp³-hybridized carbons (Fsp3) is 0.462. The Morgan fingerprint density at radius 3 is 2.56 bits per heavy atom. The lowest BCUT2D eigenvalue weighted by atomic mass is 10.1. The fourth-order valence-electron chi connectivity index (χ4n) is 1.38. The molecule has 0 radical (unpaired) electrons. The van der Waals surface area contributed by atoms with Crippen LogP contribution < -0.4 is 11.1 Å². The number of hydrogen-bond acceptors (Lipinski definition) is 3. The molecule has 0 unspecified atom stereocenters. The molecule has 1 aromatic carbocycles. The van der Waals surface area contributed by atoms with E-state index in [0.29, 0.717) is 6.54 Å². The quantitative estimate of drug-likeness (QED) is 0.838. The van der Waals surface area contributed by atoms with Gasteiger partial charge in [0.2, 0.25) is 0 Å². The van der Waals surface area contributed by atoms with Crippen molar-refractivity contribution in [2.75, 3.05) is 12.8 Å². The predicted octanol–water partition coefficient (Wildman–Crippen LogP) is 2.61. The Hall–Kier alpha value is -0.710. The number of hydrogen-bond donors (Lipinski definition) is 2. The van der Waals surface area contributed by atoms with Crippen molar-refractivity contribution in [3.05, 3.63) is 29.3 Å². The van der Waals surface area contributed by atoms with Crippen LogP contribution in [0.2, 0.25) is 0 Å². The topological polar surface area (TPSA) is 55.1 Å². The molecule has 0 atom stereocenters. The third-order valence-corrected chi connectivity index (χ3v) is 3.12. The summed E-state index contributed by atoms with van der Waals surface area (Å²) in [5, 5.41) is 2.86. The highest BCUT2D eigenvalue weighted by atomic mass is 35.5. The smallest absolute Gasteiger partial charge is 0.251 e. The lowest BCUT2D eigenvalue weighted by Crippen LogP contribution is -2.45. The summed E-state index contributed by atoms with van der Waals surface area (Å²) in [5.74, 6) is -0.0584. The number of halogens is 1. The number of benzene rings is 1. The molecule has 1 amide bonds. The van der Waals surface area contributed by atoms with Gasteiger partial charge in [0.1, 0.15) is 0 Å². The molecule has 3 N–H and O–H groups in total. The molecule has 0 fully saturated rings. The van der Waals surface area contributed by atoms with Gasteiger partial charge in [0.15, 0.2) is 0 Å². The van der Waals surface area contributed by atoms with E-state index in [1.807, 2.05) is 45.2 Å². The van der Waals surface area contributed by atoms with Gasteiger partial charge in [-0.25, -0.2) is 0 Å². The molecule has 18 heavy (non-hydrogen) atoms. The van der Waals surface area contributed by atoms with Gasteiger partial charge in [-0.2, -0.15) is 0 Å². The first-order valence-corrected chi connectivity index (χ1v) is 6.78. The van der Waals surface area contributed by atoms with Crippen LogP contribution in [-0.2, 0) is 0 Å². The molecule has 3 nitrogen and oxygen atoms in total. The monoisotopic (exact) mass is 288 g/mol. The number of carbonyl (C=O) groups excluding carboxylic acids is 1. The third kappa shape index (κ3) is 5.29. The number of nitrogens with two attached hydrogens (primary N) is 1.